The lowest BCUT2D eigenvalue weighted by Crippen LogP contribution is -2.34. The normalized spacial score (nSPS) is 13.5. The molecule has 60 valence electrons. The summed E-state index contributed by atoms with van der Waals surface area (Å²) < 4.78 is 0. The molecule has 0 bridgehead atoms. The van der Waals surface area contributed by atoms with Gasteiger partial charge < -0.3 is 10.1 Å². The zero-order valence-electron chi connectivity index (χ0n) is 7.30. The summed E-state index contributed by atoms with van der Waals surface area (Å²) in [6.07, 6.45) is 0. The first-order valence-corrected chi connectivity index (χ1v) is 3.27. The lowest BCUT2D eigenvalue weighted by Gasteiger charge is -2.27. The molecule has 0 aromatic heterocycles. The Hall–Kier alpha value is -0.730. The van der Waals surface area contributed by atoms with Crippen molar-refractivity contribution in [2.75, 3.05) is 14.1 Å². The van der Waals surface area contributed by atoms with Crippen molar-refractivity contribution in [3.8, 4) is 0 Å². The van der Waals surface area contributed by atoms with Crippen LogP contribution in [0.15, 0.2) is 5.10 Å². The molecule has 0 rings (SSSR count). The summed E-state index contributed by atoms with van der Waals surface area (Å²) in [5, 5.41) is 16.3. The lowest BCUT2D eigenvalue weighted by atomic mass is 9.97. The van der Waals surface area contributed by atoms with E-state index in [1.165, 1.54) is 5.01 Å². The highest BCUT2D eigenvalue weighted by molar-refractivity contribution is 5.76. The summed E-state index contributed by atoms with van der Waals surface area (Å²) in [5.74, 6) is -0.0856. The third kappa shape index (κ3) is 3.33. The van der Waals surface area contributed by atoms with Crippen LogP contribution < -0.4 is 5.11 Å². The van der Waals surface area contributed by atoms with Gasteiger partial charge in [-0.25, -0.2) is 0 Å². The molecule has 3 heteroatoms. The predicted octanol–water partition coefficient (Wildman–Crippen LogP) is 0.268. The topological polar surface area (TPSA) is 38.7 Å². The van der Waals surface area contributed by atoms with Gasteiger partial charge in [0.1, 0.15) is 0 Å². The Bertz CT molecular complexity index is 133. The van der Waals surface area contributed by atoms with Crippen LogP contribution in [-0.4, -0.2) is 25.0 Å². The van der Waals surface area contributed by atoms with Crippen LogP contribution in [0.2, 0.25) is 0 Å². The van der Waals surface area contributed by atoms with Gasteiger partial charge in [-0.2, -0.15) is 5.10 Å². The van der Waals surface area contributed by atoms with Crippen molar-refractivity contribution >= 4 is 5.90 Å². The molecule has 0 aromatic carbocycles. The number of nitrogens with zero attached hydrogens (tertiary/aromatic N) is 2. The molecule has 0 fully saturated rings. The van der Waals surface area contributed by atoms with Crippen molar-refractivity contribution in [2.45, 2.75) is 20.8 Å². The van der Waals surface area contributed by atoms with Crippen LogP contribution in [0.5, 0.6) is 0 Å². The molecule has 0 unspecified atom stereocenters. The highest BCUT2D eigenvalue weighted by Crippen LogP contribution is 2.12. The maximum Gasteiger partial charge on any atom is 0.0244 e. The number of hydrogen-bond donors (Lipinski definition) is 0. The monoisotopic (exact) mass is 143 g/mol. The minimum atomic E-state index is -0.357. The second kappa shape index (κ2) is 2.90. The van der Waals surface area contributed by atoms with Gasteiger partial charge >= 0.3 is 0 Å². The van der Waals surface area contributed by atoms with Gasteiger partial charge in [0.05, 0.1) is 0 Å². The molecule has 0 heterocycles. The molecule has 0 radical (unpaired) electrons. The molecule has 0 aromatic rings. The van der Waals surface area contributed by atoms with Crippen molar-refractivity contribution in [3.63, 3.8) is 0 Å². The molecule has 0 aliphatic rings. The average Bonchev–Trinajstić information content (AvgIpc) is 1.60. The van der Waals surface area contributed by atoms with Crippen LogP contribution in [0.4, 0.5) is 0 Å². The Balaban J connectivity index is 4.20. The zero-order valence-corrected chi connectivity index (χ0v) is 7.30. The van der Waals surface area contributed by atoms with Gasteiger partial charge in [0.15, 0.2) is 0 Å². The largest absolute Gasteiger partial charge is 0.860 e. The fraction of sp³-hybridized carbons (Fsp3) is 0.857. The Morgan fingerprint density at radius 1 is 1.30 bits per heavy atom. The van der Waals surface area contributed by atoms with E-state index in [4.69, 9.17) is 0 Å². The van der Waals surface area contributed by atoms with Gasteiger partial charge in [0.2, 0.25) is 0 Å². The van der Waals surface area contributed by atoms with E-state index >= 15 is 0 Å². The van der Waals surface area contributed by atoms with E-state index < -0.39 is 0 Å². The molecular formula is C7H15N2O-. The average molecular weight is 143 g/mol. The van der Waals surface area contributed by atoms with Crippen LogP contribution in [0.3, 0.4) is 0 Å². The van der Waals surface area contributed by atoms with Gasteiger partial charge in [-0.15, -0.1) is 0 Å². The molecule has 0 N–H and O–H groups in total. The third-order valence-electron chi connectivity index (χ3n) is 0.932. The molecule has 0 saturated heterocycles. The van der Waals surface area contributed by atoms with E-state index in [1.807, 2.05) is 20.8 Å². The van der Waals surface area contributed by atoms with Crippen LogP contribution in [0, 0.1) is 5.41 Å². The first-order valence-electron chi connectivity index (χ1n) is 3.27. The van der Waals surface area contributed by atoms with Crippen LogP contribution in [0.25, 0.3) is 0 Å². The minimum absolute atomic E-state index is 0.0856. The zero-order chi connectivity index (χ0) is 8.36. The molecule has 0 saturated carbocycles. The van der Waals surface area contributed by atoms with Gasteiger partial charge in [-0.05, 0) is 11.3 Å². The number of hydrazone groups is 1. The second-order valence-electron chi connectivity index (χ2n) is 3.50. The second-order valence-corrected chi connectivity index (χ2v) is 3.50. The van der Waals surface area contributed by atoms with Crippen molar-refractivity contribution < 1.29 is 5.11 Å². The van der Waals surface area contributed by atoms with Gasteiger partial charge in [0, 0.05) is 14.1 Å². The summed E-state index contributed by atoms with van der Waals surface area (Å²) in [4.78, 5) is 0. The first kappa shape index (κ1) is 9.27. The summed E-state index contributed by atoms with van der Waals surface area (Å²) in [6, 6.07) is 0. The van der Waals surface area contributed by atoms with Gasteiger partial charge in [0.25, 0.3) is 0 Å². The molecular weight excluding hydrogens is 128 g/mol. The van der Waals surface area contributed by atoms with E-state index in [0.717, 1.165) is 0 Å². The first-order chi connectivity index (χ1) is 4.34. The quantitative estimate of drug-likeness (QED) is 0.300. The lowest BCUT2D eigenvalue weighted by molar-refractivity contribution is -0.230. The maximum absolute atomic E-state index is 11.1. The number of rotatable bonds is 1. The van der Waals surface area contributed by atoms with Crippen LogP contribution in [-0.2, 0) is 0 Å². The highest BCUT2D eigenvalue weighted by Gasteiger charge is 2.09. The SMILES string of the molecule is CN(C)N=C([O-])C(C)(C)C. The summed E-state index contributed by atoms with van der Waals surface area (Å²) in [7, 11) is 3.48. The Labute approximate surface area is 62.3 Å². The summed E-state index contributed by atoms with van der Waals surface area (Å²) in [5.41, 5.74) is -0.357. The smallest absolute Gasteiger partial charge is 0.0244 e. The summed E-state index contributed by atoms with van der Waals surface area (Å²) >= 11 is 0. The molecule has 10 heavy (non-hydrogen) atoms. The van der Waals surface area contributed by atoms with E-state index in [-0.39, 0.29) is 11.3 Å². The molecule has 0 amide bonds. The van der Waals surface area contributed by atoms with Crippen LogP contribution in [0.1, 0.15) is 20.8 Å². The molecule has 0 aliphatic heterocycles. The third-order valence-corrected chi connectivity index (χ3v) is 0.932. The molecule has 0 atom stereocenters. The van der Waals surface area contributed by atoms with Gasteiger partial charge in [-0.1, -0.05) is 20.8 Å². The standard InChI is InChI=1S/C7H16N2O/c1-7(2,3)6(10)8-9(4)5/h1-5H3,(H,8,10)/p-1. The summed E-state index contributed by atoms with van der Waals surface area (Å²) in [6.45, 7) is 5.55. The highest BCUT2D eigenvalue weighted by atomic mass is 16.3. The van der Waals surface area contributed by atoms with Crippen molar-refractivity contribution in [3.05, 3.63) is 0 Å². The molecule has 0 aliphatic carbocycles. The predicted molar refractivity (Wildman–Crippen MR) is 40.6 cm³/mol. The van der Waals surface area contributed by atoms with Crippen molar-refractivity contribution in [1.82, 2.24) is 5.01 Å². The van der Waals surface area contributed by atoms with E-state index in [0.29, 0.717) is 0 Å². The maximum atomic E-state index is 11.1. The van der Waals surface area contributed by atoms with Gasteiger partial charge in [-0.3, -0.25) is 0 Å². The Kier molecular flexibility index (Phi) is 2.69. The van der Waals surface area contributed by atoms with Crippen molar-refractivity contribution in [1.29, 1.82) is 0 Å². The Morgan fingerprint density at radius 2 is 1.70 bits per heavy atom. The fourth-order valence-electron chi connectivity index (χ4n) is 0.332. The Morgan fingerprint density at radius 3 is 1.80 bits per heavy atom. The fourth-order valence-corrected chi connectivity index (χ4v) is 0.332. The minimum Gasteiger partial charge on any atom is -0.860 e. The molecule has 0 spiro atoms. The van der Waals surface area contributed by atoms with Crippen LogP contribution >= 0.6 is 0 Å². The van der Waals surface area contributed by atoms with E-state index in [2.05, 4.69) is 5.10 Å². The molecule has 3 nitrogen and oxygen atoms in total. The number of hydrogen-bond acceptors (Lipinski definition) is 3. The van der Waals surface area contributed by atoms with Crippen molar-refractivity contribution in [2.24, 2.45) is 10.5 Å². The van der Waals surface area contributed by atoms with E-state index in [1.54, 1.807) is 14.1 Å². The van der Waals surface area contributed by atoms with E-state index in [9.17, 15) is 5.11 Å².